The highest BCUT2D eigenvalue weighted by Crippen LogP contribution is 2.32. The number of rotatable bonds is 2. The molecule has 17 heavy (non-hydrogen) atoms. The summed E-state index contributed by atoms with van der Waals surface area (Å²) in [6.45, 7) is 0. The average Bonchev–Trinajstić information content (AvgIpc) is 2.27. The Labute approximate surface area is 115 Å². The first-order valence-electron chi connectivity index (χ1n) is 4.50. The van der Waals surface area contributed by atoms with Crippen LogP contribution in [0.25, 0.3) is 0 Å². The van der Waals surface area contributed by atoms with E-state index in [1.807, 2.05) is 0 Å². The van der Waals surface area contributed by atoms with E-state index < -0.39 is 5.82 Å². The lowest BCUT2D eigenvalue weighted by atomic mass is 10.3. The maximum Gasteiger partial charge on any atom is 0.256 e. The van der Waals surface area contributed by atoms with Gasteiger partial charge in [-0.15, -0.1) is 0 Å². The van der Waals surface area contributed by atoms with Crippen molar-refractivity contribution in [3.8, 4) is 11.6 Å². The zero-order valence-corrected chi connectivity index (χ0v) is 11.4. The van der Waals surface area contributed by atoms with Crippen LogP contribution in [-0.4, -0.2) is 4.98 Å². The van der Waals surface area contributed by atoms with Crippen molar-refractivity contribution in [3.63, 3.8) is 0 Å². The highest BCUT2D eigenvalue weighted by atomic mass is 79.9. The second-order valence-corrected chi connectivity index (χ2v) is 4.88. The van der Waals surface area contributed by atoms with Gasteiger partial charge in [-0.25, -0.2) is 9.37 Å². The van der Waals surface area contributed by atoms with E-state index in [2.05, 4.69) is 20.9 Å². The largest absolute Gasteiger partial charge is 0.435 e. The summed E-state index contributed by atoms with van der Waals surface area (Å²) in [4.78, 5) is 3.74. The van der Waals surface area contributed by atoms with Crippen LogP contribution in [0.15, 0.2) is 34.9 Å². The molecule has 1 aromatic heterocycles. The molecule has 1 aromatic carbocycles. The molecule has 1 heterocycles. The maximum atomic E-state index is 13.4. The molecule has 0 atom stereocenters. The first-order valence-corrected chi connectivity index (χ1v) is 6.05. The number of nitrogens with zero attached hydrogens (tertiary/aromatic N) is 1. The number of aromatic nitrogens is 1. The number of hydrogen-bond acceptors (Lipinski definition) is 2. The molecular weight excluding hydrogens is 332 g/mol. The Balaban J connectivity index is 2.34. The van der Waals surface area contributed by atoms with Crippen molar-refractivity contribution in [2.24, 2.45) is 0 Å². The van der Waals surface area contributed by atoms with E-state index in [4.69, 9.17) is 27.9 Å². The summed E-state index contributed by atoms with van der Waals surface area (Å²) >= 11 is 14.8. The van der Waals surface area contributed by atoms with Gasteiger partial charge in [0.05, 0.1) is 10.0 Å². The predicted octanol–water partition coefficient (Wildman–Crippen LogP) is 5.08. The van der Waals surface area contributed by atoms with E-state index in [1.54, 1.807) is 18.2 Å². The molecule has 0 aliphatic rings. The summed E-state index contributed by atoms with van der Waals surface area (Å²) in [5, 5.41) is 0.569. The molecule has 0 radical (unpaired) electrons. The van der Waals surface area contributed by atoms with Gasteiger partial charge in [-0.1, -0.05) is 39.1 Å². The Kier molecular flexibility index (Phi) is 3.86. The molecule has 2 rings (SSSR count). The molecule has 2 nitrogen and oxygen atoms in total. The van der Waals surface area contributed by atoms with E-state index in [9.17, 15) is 4.39 Å². The van der Waals surface area contributed by atoms with Gasteiger partial charge < -0.3 is 4.74 Å². The van der Waals surface area contributed by atoms with Gasteiger partial charge >= 0.3 is 0 Å². The van der Waals surface area contributed by atoms with Crippen molar-refractivity contribution < 1.29 is 9.13 Å². The fraction of sp³-hybridized carbons (Fsp3) is 0. The van der Waals surface area contributed by atoms with Gasteiger partial charge in [0.25, 0.3) is 5.88 Å². The molecule has 0 spiro atoms. The topological polar surface area (TPSA) is 22.1 Å². The third kappa shape index (κ3) is 3.09. The highest BCUT2D eigenvalue weighted by Gasteiger charge is 2.10. The van der Waals surface area contributed by atoms with Crippen LogP contribution in [0.3, 0.4) is 0 Å². The summed E-state index contributed by atoms with van der Waals surface area (Å²) < 4.78 is 19.5. The second-order valence-electron chi connectivity index (χ2n) is 3.12. The fourth-order valence-corrected chi connectivity index (χ4v) is 1.78. The molecule has 0 amide bonds. The SMILES string of the molecule is Fc1cc(Cl)cnc1Oc1cc(Br)ccc1Cl. The minimum absolute atomic E-state index is 0.172. The minimum atomic E-state index is -0.645. The standard InChI is InChI=1S/C11H5BrCl2FNO/c12-6-1-2-8(14)10(3-6)17-11-9(15)4-7(13)5-16-11/h1-5H. The molecule has 0 saturated carbocycles. The maximum absolute atomic E-state index is 13.4. The molecular formula is C11H5BrCl2FNO. The molecule has 0 saturated heterocycles. The van der Waals surface area contributed by atoms with E-state index in [1.165, 1.54) is 6.20 Å². The summed E-state index contributed by atoms with van der Waals surface area (Å²) in [6, 6.07) is 6.13. The lowest BCUT2D eigenvalue weighted by Crippen LogP contribution is -1.92. The lowest BCUT2D eigenvalue weighted by Gasteiger charge is -2.07. The Bertz CT molecular complexity index is 565. The van der Waals surface area contributed by atoms with Crippen molar-refractivity contribution >= 4 is 39.1 Å². The smallest absolute Gasteiger partial charge is 0.256 e. The quantitative estimate of drug-likeness (QED) is 0.762. The van der Waals surface area contributed by atoms with Crippen molar-refractivity contribution in [2.75, 3.05) is 0 Å². The zero-order chi connectivity index (χ0) is 12.4. The van der Waals surface area contributed by atoms with E-state index in [-0.39, 0.29) is 10.9 Å². The van der Waals surface area contributed by atoms with E-state index in [0.717, 1.165) is 10.5 Å². The van der Waals surface area contributed by atoms with Crippen LogP contribution in [0.4, 0.5) is 4.39 Å². The van der Waals surface area contributed by atoms with Gasteiger partial charge in [0, 0.05) is 10.7 Å². The molecule has 0 N–H and O–H groups in total. The molecule has 0 aliphatic heterocycles. The number of ether oxygens (including phenoxy) is 1. The van der Waals surface area contributed by atoms with E-state index >= 15 is 0 Å². The summed E-state index contributed by atoms with van der Waals surface area (Å²) in [6.07, 6.45) is 1.30. The third-order valence-electron chi connectivity index (χ3n) is 1.87. The molecule has 0 bridgehead atoms. The number of benzene rings is 1. The molecule has 0 fully saturated rings. The summed E-state index contributed by atoms with van der Waals surface area (Å²) in [5.41, 5.74) is 0. The van der Waals surface area contributed by atoms with Crippen LogP contribution in [0, 0.1) is 5.82 Å². The normalized spacial score (nSPS) is 10.4. The van der Waals surface area contributed by atoms with Crippen molar-refractivity contribution in [2.45, 2.75) is 0 Å². The lowest BCUT2D eigenvalue weighted by molar-refractivity contribution is 0.423. The van der Waals surface area contributed by atoms with Crippen LogP contribution in [-0.2, 0) is 0 Å². The molecule has 6 heteroatoms. The van der Waals surface area contributed by atoms with Crippen molar-refractivity contribution in [1.82, 2.24) is 4.98 Å². The summed E-state index contributed by atoms with van der Waals surface area (Å²) in [5.74, 6) is -0.502. The first kappa shape index (κ1) is 12.6. The number of hydrogen-bond donors (Lipinski definition) is 0. The van der Waals surface area contributed by atoms with Crippen LogP contribution < -0.4 is 4.74 Å². The Morgan fingerprint density at radius 2 is 2.00 bits per heavy atom. The molecule has 88 valence electrons. The van der Waals surface area contributed by atoms with E-state index in [0.29, 0.717) is 10.8 Å². The highest BCUT2D eigenvalue weighted by molar-refractivity contribution is 9.10. The van der Waals surface area contributed by atoms with Gasteiger partial charge in [-0.3, -0.25) is 0 Å². The molecule has 0 aliphatic carbocycles. The van der Waals surface area contributed by atoms with Gasteiger partial charge in [0.1, 0.15) is 5.75 Å². The van der Waals surface area contributed by atoms with Crippen molar-refractivity contribution in [3.05, 3.63) is 50.8 Å². The van der Waals surface area contributed by atoms with Gasteiger partial charge in [0.2, 0.25) is 0 Å². The predicted molar refractivity (Wildman–Crippen MR) is 68.4 cm³/mol. The summed E-state index contributed by atoms with van der Waals surface area (Å²) in [7, 11) is 0. The molecule has 0 unspecified atom stereocenters. The van der Waals surface area contributed by atoms with Crippen molar-refractivity contribution in [1.29, 1.82) is 0 Å². The Morgan fingerprint density at radius 3 is 2.71 bits per heavy atom. The molecule has 2 aromatic rings. The fourth-order valence-electron chi connectivity index (χ4n) is 1.14. The van der Waals surface area contributed by atoms with Crippen LogP contribution in [0.2, 0.25) is 10.0 Å². The Morgan fingerprint density at radius 1 is 1.24 bits per heavy atom. The Hall–Kier alpha value is -0.840. The average molecular weight is 337 g/mol. The van der Waals surface area contributed by atoms with Crippen LogP contribution >= 0.6 is 39.1 Å². The zero-order valence-electron chi connectivity index (χ0n) is 8.25. The first-order chi connectivity index (χ1) is 8.06. The van der Waals surface area contributed by atoms with Crippen LogP contribution in [0.1, 0.15) is 0 Å². The third-order valence-corrected chi connectivity index (χ3v) is 2.89. The monoisotopic (exact) mass is 335 g/mol. The number of halogens is 4. The second kappa shape index (κ2) is 5.21. The van der Waals surface area contributed by atoms with Gasteiger partial charge in [-0.2, -0.15) is 0 Å². The van der Waals surface area contributed by atoms with Gasteiger partial charge in [0.15, 0.2) is 5.82 Å². The van der Waals surface area contributed by atoms with Crippen LogP contribution in [0.5, 0.6) is 11.6 Å². The minimum Gasteiger partial charge on any atom is -0.435 e. The number of pyridine rings is 1. The van der Waals surface area contributed by atoms with Gasteiger partial charge in [-0.05, 0) is 24.3 Å².